The Hall–Kier alpha value is -1.68. The van der Waals surface area contributed by atoms with E-state index in [9.17, 15) is 0 Å². The molecule has 4 nitrogen and oxygen atoms in total. The van der Waals surface area contributed by atoms with Gasteiger partial charge < -0.3 is 9.88 Å². The molecule has 16 heavy (non-hydrogen) atoms. The molecule has 0 aliphatic carbocycles. The highest BCUT2D eigenvalue weighted by Gasteiger charge is 2.01. The molecule has 0 saturated heterocycles. The van der Waals surface area contributed by atoms with Crippen molar-refractivity contribution in [2.45, 2.75) is 20.0 Å². The molecular formula is C12H16N4. The lowest BCUT2D eigenvalue weighted by atomic mass is 10.3. The lowest BCUT2D eigenvalue weighted by Gasteiger charge is -2.08. The number of rotatable bonds is 5. The fourth-order valence-electron chi connectivity index (χ4n) is 1.58. The van der Waals surface area contributed by atoms with E-state index in [1.165, 1.54) is 11.3 Å². The number of nitrogens with one attached hydrogen (secondary N) is 1. The van der Waals surface area contributed by atoms with Gasteiger partial charge in [0.15, 0.2) is 0 Å². The van der Waals surface area contributed by atoms with E-state index >= 15 is 0 Å². The van der Waals surface area contributed by atoms with Crippen molar-refractivity contribution in [1.29, 1.82) is 0 Å². The number of hydrogen-bond acceptors (Lipinski definition) is 3. The zero-order chi connectivity index (χ0) is 11.2. The van der Waals surface area contributed by atoms with Crippen LogP contribution in [0.15, 0.2) is 37.1 Å². The molecule has 0 amide bonds. The van der Waals surface area contributed by atoms with Crippen molar-refractivity contribution in [2.75, 3.05) is 6.54 Å². The van der Waals surface area contributed by atoms with E-state index < -0.39 is 0 Å². The average Bonchev–Trinajstić information content (AvgIpc) is 2.75. The first-order valence-corrected chi connectivity index (χ1v) is 5.48. The smallest absolute Gasteiger partial charge is 0.0951 e. The number of hydrogen-bond donors (Lipinski definition) is 1. The lowest BCUT2D eigenvalue weighted by Crippen LogP contribution is -2.15. The standard InChI is InChI=1S/C12H16N4/c1-2-13-7-12-8-15-10-16(12)9-11-4-3-5-14-6-11/h3-6,8,10,13H,2,7,9H2,1H3. The van der Waals surface area contributed by atoms with Crippen LogP contribution in [0.2, 0.25) is 0 Å². The second-order valence-electron chi connectivity index (χ2n) is 3.65. The van der Waals surface area contributed by atoms with E-state index in [2.05, 4.69) is 32.8 Å². The van der Waals surface area contributed by atoms with Crippen LogP contribution in [-0.4, -0.2) is 21.1 Å². The zero-order valence-corrected chi connectivity index (χ0v) is 9.43. The first-order chi connectivity index (χ1) is 7.90. The summed E-state index contributed by atoms with van der Waals surface area (Å²) in [7, 11) is 0. The van der Waals surface area contributed by atoms with Crippen LogP contribution in [0.4, 0.5) is 0 Å². The van der Waals surface area contributed by atoms with Crippen molar-refractivity contribution in [1.82, 2.24) is 19.9 Å². The Labute approximate surface area is 95.4 Å². The van der Waals surface area contributed by atoms with Crippen molar-refractivity contribution < 1.29 is 0 Å². The lowest BCUT2D eigenvalue weighted by molar-refractivity contribution is 0.656. The van der Waals surface area contributed by atoms with Gasteiger partial charge >= 0.3 is 0 Å². The van der Waals surface area contributed by atoms with Crippen molar-refractivity contribution in [3.8, 4) is 0 Å². The van der Waals surface area contributed by atoms with Crippen molar-refractivity contribution >= 4 is 0 Å². The second kappa shape index (κ2) is 5.42. The Morgan fingerprint density at radius 1 is 1.31 bits per heavy atom. The predicted molar refractivity (Wildman–Crippen MR) is 62.9 cm³/mol. The van der Waals surface area contributed by atoms with Crippen molar-refractivity contribution in [2.24, 2.45) is 0 Å². The molecular weight excluding hydrogens is 200 g/mol. The van der Waals surface area contributed by atoms with Crippen molar-refractivity contribution in [3.05, 3.63) is 48.3 Å². The topological polar surface area (TPSA) is 42.7 Å². The Morgan fingerprint density at radius 2 is 2.25 bits per heavy atom. The van der Waals surface area contributed by atoms with Gasteiger partial charge in [0, 0.05) is 25.1 Å². The van der Waals surface area contributed by atoms with E-state index in [4.69, 9.17) is 0 Å². The van der Waals surface area contributed by atoms with E-state index in [1.54, 1.807) is 6.20 Å². The van der Waals surface area contributed by atoms with Crippen LogP contribution < -0.4 is 5.32 Å². The monoisotopic (exact) mass is 216 g/mol. The van der Waals surface area contributed by atoms with Gasteiger partial charge in [0.2, 0.25) is 0 Å². The maximum Gasteiger partial charge on any atom is 0.0951 e. The minimum atomic E-state index is 0.828. The molecule has 2 heterocycles. The number of aromatic nitrogens is 3. The van der Waals surface area contributed by atoms with Crippen LogP contribution >= 0.6 is 0 Å². The first-order valence-electron chi connectivity index (χ1n) is 5.48. The summed E-state index contributed by atoms with van der Waals surface area (Å²) in [4.78, 5) is 8.28. The molecule has 0 saturated carbocycles. The van der Waals surface area contributed by atoms with E-state index in [0.717, 1.165) is 19.6 Å². The third-order valence-corrected chi connectivity index (χ3v) is 2.43. The summed E-state index contributed by atoms with van der Waals surface area (Å²) in [6.07, 6.45) is 7.44. The summed E-state index contributed by atoms with van der Waals surface area (Å²) >= 11 is 0. The molecule has 0 atom stereocenters. The first kappa shape index (κ1) is 10.8. The molecule has 0 aliphatic rings. The van der Waals surface area contributed by atoms with Gasteiger partial charge in [-0.2, -0.15) is 0 Å². The molecule has 2 aromatic rings. The van der Waals surface area contributed by atoms with Gasteiger partial charge in [0.25, 0.3) is 0 Å². The van der Waals surface area contributed by atoms with Crippen LogP contribution in [-0.2, 0) is 13.1 Å². The largest absolute Gasteiger partial charge is 0.329 e. The summed E-state index contributed by atoms with van der Waals surface area (Å²) in [6, 6.07) is 4.03. The summed E-state index contributed by atoms with van der Waals surface area (Å²) in [5, 5.41) is 3.30. The number of nitrogens with zero attached hydrogens (tertiary/aromatic N) is 3. The molecule has 0 aromatic carbocycles. The van der Waals surface area contributed by atoms with E-state index in [1.807, 2.05) is 24.8 Å². The van der Waals surface area contributed by atoms with Gasteiger partial charge in [-0.15, -0.1) is 0 Å². The molecule has 0 unspecified atom stereocenters. The highest BCUT2D eigenvalue weighted by atomic mass is 15.1. The molecule has 0 fully saturated rings. The third kappa shape index (κ3) is 2.67. The predicted octanol–water partition coefficient (Wildman–Crippen LogP) is 1.44. The van der Waals surface area contributed by atoms with Gasteiger partial charge in [-0.25, -0.2) is 4.98 Å². The zero-order valence-electron chi connectivity index (χ0n) is 9.43. The van der Waals surface area contributed by atoms with Gasteiger partial charge in [-0.3, -0.25) is 4.98 Å². The second-order valence-corrected chi connectivity index (χ2v) is 3.65. The van der Waals surface area contributed by atoms with E-state index in [0.29, 0.717) is 0 Å². The quantitative estimate of drug-likeness (QED) is 0.822. The van der Waals surface area contributed by atoms with Crippen LogP contribution in [0, 0.1) is 0 Å². The fourth-order valence-corrected chi connectivity index (χ4v) is 1.58. The molecule has 84 valence electrons. The number of pyridine rings is 1. The Morgan fingerprint density at radius 3 is 3.00 bits per heavy atom. The van der Waals surface area contributed by atoms with Gasteiger partial charge in [-0.05, 0) is 18.2 Å². The minimum absolute atomic E-state index is 0.828. The van der Waals surface area contributed by atoms with Crippen molar-refractivity contribution in [3.63, 3.8) is 0 Å². The van der Waals surface area contributed by atoms with Gasteiger partial charge in [-0.1, -0.05) is 13.0 Å². The Balaban J connectivity index is 2.07. The summed E-state index contributed by atoms with van der Waals surface area (Å²) in [5.41, 5.74) is 2.39. The summed E-state index contributed by atoms with van der Waals surface area (Å²) < 4.78 is 2.14. The third-order valence-electron chi connectivity index (χ3n) is 2.43. The SMILES string of the molecule is CCNCc1cncn1Cc1cccnc1. The highest BCUT2D eigenvalue weighted by Crippen LogP contribution is 2.04. The van der Waals surface area contributed by atoms with Crippen LogP contribution in [0.3, 0.4) is 0 Å². The molecule has 0 aliphatic heterocycles. The van der Waals surface area contributed by atoms with Gasteiger partial charge in [0.05, 0.1) is 18.6 Å². The normalized spacial score (nSPS) is 10.6. The fraction of sp³-hybridized carbons (Fsp3) is 0.333. The Kier molecular flexibility index (Phi) is 3.66. The summed E-state index contributed by atoms with van der Waals surface area (Å²) in [6.45, 7) is 4.76. The maximum atomic E-state index is 4.17. The van der Waals surface area contributed by atoms with Crippen LogP contribution in [0.25, 0.3) is 0 Å². The Bertz CT molecular complexity index is 422. The van der Waals surface area contributed by atoms with E-state index in [-0.39, 0.29) is 0 Å². The molecule has 2 aromatic heterocycles. The molecule has 0 radical (unpaired) electrons. The number of imidazole rings is 1. The van der Waals surface area contributed by atoms with Gasteiger partial charge in [0.1, 0.15) is 0 Å². The van der Waals surface area contributed by atoms with Crippen LogP contribution in [0.5, 0.6) is 0 Å². The molecule has 2 rings (SSSR count). The molecule has 1 N–H and O–H groups in total. The molecule has 0 spiro atoms. The molecule has 4 heteroatoms. The van der Waals surface area contributed by atoms with Crippen LogP contribution in [0.1, 0.15) is 18.2 Å². The highest BCUT2D eigenvalue weighted by molar-refractivity contribution is 5.11. The maximum absolute atomic E-state index is 4.17. The average molecular weight is 216 g/mol. The molecule has 0 bridgehead atoms. The minimum Gasteiger partial charge on any atom is -0.329 e. The summed E-state index contributed by atoms with van der Waals surface area (Å²) in [5.74, 6) is 0.